The summed E-state index contributed by atoms with van der Waals surface area (Å²) in [6.07, 6.45) is 0.0222. The van der Waals surface area contributed by atoms with Gasteiger partial charge in [0, 0.05) is 25.8 Å². The number of nitrogens with zero attached hydrogens (tertiary/aromatic N) is 2. The average molecular weight is 368 g/mol. The van der Waals surface area contributed by atoms with Crippen molar-refractivity contribution >= 4 is 17.3 Å². The highest BCUT2D eigenvalue weighted by Gasteiger charge is 2.16. The third-order valence-electron chi connectivity index (χ3n) is 4.36. The molecule has 1 saturated heterocycles. The van der Waals surface area contributed by atoms with E-state index in [9.17, 15) is 9.18 Å². The first-order chi connectivity index (χ1) is 13.1. The largest absolute Gasteiger partial charge is 0.371 e. The van der Waals surface area contributed by atoms with E-state index in [0.717, 1.165) is 24.7 Å². The Morgan fingerprint density at radius 3 is 2.78 bits per heavy atom. The molecule has 1 amide bonds. The number of hydrogen-bond acceptors (Lipinski definition) is 5. The summed E-state index contributed by atoms with van der Waals surface area (Å²) >= 11 is 0. The van der Waals surface area contributed by atoms with Crippen LogP contribution in [0.25, 0.3) is 0 Å². The molecule has 2 aromatic rings. The van der Waals surface area contributed by atoms with Gasteiger partial charge in [-0.2, -0.15) is 5.26 Å². The van der Waals surface area contributed by atoms with E-state index in [1.807, 2.05) is 30.3 Å². The van der Waals surface area contributed by atoms with E-state index in [0.29, 0.717) is 12.3 Å². The van der Waals surface area contributed by atoms with E-state index < -0.39 is 5.82 Å². The first-order valence-corrected chi connectivity index (χ1v) is 8.70. The zero-order valence-corrected chi connectivity index (χ0v) is 15.0. The molecule has 2 N–H and O–H groups in total. The number of nitrogens with one attached hydrogen (secondary N) is 2. The molecule has 1 aliphatic rings. The Hall–Kier alpha value is -2.95. The molecule has 0 bridgehead atoms. The minimum Gasteiger partial charge on any atom is -0.371 e. The van der Waals surface area contributed by atoms with Crippen molar-refractivity contribution in [3.63, 3.8) is 0 Å². The van der Waals surface area contributed by atoms with Gasteiger partial charge in [0.15, 0.2) is 0 Å². The van der Waals surface area contributed by atoms with Crippen LogP contribution in [-0.2, 0) is 9.53 Å². The molecule has 1 aliphatic heterocycles. The average Bonchev–Trinajstić information content (AvgIpc) is 2.69. The molecule has 7 heteroatoms. The Bertz CT molecular complexity index is 842. The molecule has 0 saturated carbocycles. The van der Waals surface area contributed by atoms with Crippen LogP contribution in [0, 0.1) is 17.1 Å². The van der Waals surface area contributed by atoms with Crippen molar-refractivity contribution in [1.82, 2.24) is 5.32 Å². The molecule has 2 aromatic carbocycles. The maximum absolute atomic E-state index is 14.0. The van der Waals surface area contributed by atoms with Crippen LogP contribution < -0.4 is 15.5 Å². The van der Waals surface area contributed by atoms with Crippen LogP contribution in [0.1, 0.15) is 17.2 Å². The fourth-order valence-corrected chi connectivity index (χ4v) is 2.95. The van der Waals surface area contributed by atoms with Gasteiger partial charge in [-0.25, -0.2) is 4.39 Å². The van der Waals surface area contributed by atoms with Gasteiger partial charge in [0.05, 0.1) is 36.6 Å². The fraction of sp³-hybridized carbons (Fsp3) is 0.300. The fourth-order valence-electron chi connectivity index (χ4n) is 2.95. The SMILES string of the molecule is CN(CC(=O)Nc1ccc(C2CNCCO2)cc1)c1ccc(C#N)cc1F. The van der Waals surface area contributed by atoms with Crippen molar-refractivity contribution < 1.29 is 13.9 Å². The number of anilines is 2. The van der Waals surface area contributed by atoms with Crippen LogP contribution in [0.15, 0.2) is 42.5 Å². The normalized spacial score (nSPS) is 16.4. The Kier molecular flexibility index (Phi) is 6.01. The summed E-state index contributed by atoms with van der Waals surface area (Å²) in [5, 5.41) is 14.9. The predicted molar refractivity (Wildman–Crippen MR) is 101 cm³/mol. The minimum absolute atomic E-state index is 0.0137. The number of amides is 1. The lowest BCUT2D eigenvalue weighted by atomic mass is 10.1. The van der Waals surface area contributed by atoms with Crippen molar-refractivity contribution in [1.29, 1.82) is 5.26 Å². The molecule has 1 heterocycles. The standard InChI is InChI=1S/C20H21FN4O2/c1-25(18-7-2-14(11-22)10-17(18)21)13-20(26)24-16-5-3-15(4-6-16)19-12-23-8-9-27-19/h2-7,10,19,23H,8-9,12-13H2,1H3,(H,24,26). The maximum atomic E-state index is 14.0. The number of hydrogen-bond donors (Lipinski definition) is 2. The van der Waals surface area contributed by atoms with Crippen LogP contribution in [0.3, 0.4) is 0 Å². The number of likely N-dealkylation sites (N-methyl/N-ethyl adjacent to an activating group) is 1. The molecule has 0 aliphatic carbocycles. The second-order valence-corrected chi connectivity index (χ2v) is 6.37. The molecule has 0 aromatic heterocycles. The highest BCUT2D eigenvalue weighted by Crippen LogP contribution is 2.21. The highest BCUT2D eigenvalue weighted by atomic mass is 19.1. The molecule has 0 radical (unpaired) electrons. The summed E-state index contributed by atoms with van der Waals surface area (Å²) in [4.78, 5) is 13.8. The summed E-state index contributed by atoms with van der Waals surface area (Å²) in [5.41, 5.74) is 2.23. The summed E-state index contributed by atoms with van der Waals surface area (Å²) in [6.45, 7) is 2.30. The van der Waals surface area contributed by atoms with Crippen molar-refractivity contribution in [3.05, 3.63) is 59.4 Å². The smallest absolute Gasteiger partial charge is 0.243 e. The van der Waals surface area contributed by atoms with Gasteiger partial charge in [0.2, 0.25) is 5.91 Å². The number of rotatable bonds is 5. The van der Waals surface area contributed by atoms with Gasteiger partial charge in [-0.05, 0) is 35.9 Å². The summed E-state index contributed by atoms with van der Waals surface area (Å²) < 4.78 is 19.7. The molecule has 1 fully saturated rings. The maximum Gasteiger partial charge on any atom is 0.243 e. The molecule has 6 nitrogen and oxygen atoms in total. The number of ether oxygens (including phenoxy) is 1. The van der Waals surface area contributed by atoms with Crippen molar-refractivity contribution in [2.24, 2.45) is 0 Å². The van der Waals surface area contributed by atoms with Crippen LogP contribution in [0.4, 0.5) is 15.8 Å². The Labute approximate surface area is 157 Å². The number of nitriles is 1. The molecule has 0 spiro atoms. The number of carbonyl (C=O) groups excluding carboxylic acids is 1. The lowest BCUT2D eigenvalue weighted by Gasteiger charge is -2.24. The van der Waals surface area contributed by atoms with Gasteiger partial charge < -0.3 is 20.3 Å². The summed E-state index contributed by atoms with van der Waals surface area (Å²) in [5.74, 6) is -0.792. The minimum atomic E-state index is -0.533. The zero-order valence-electron chi connectivity index (χ0n) is 15.0. The van der Waals surface area contributed by atoms with Gasteiger partial charge in [-0.1, -0.05) is 12.1 Å². The number of benzene rings is 2. The van der Waals surface area contributed by atoms with Crippen LogP contribution >= 0.6 is 0 Å². The topological polar surface area (TPSA) is 77.4 Å². The van der Waals surface area contributed by atoms with Crippen LogP contribution in [0.5, 0.6) is 0 Å². The second-order valence-electron chi connectivity index (χ2n) is 6.37. The Balaban J connectivity index is 1.58. The van der Waals surface area contributed by atoms with E-state index in [1.54, 1.807) is 7.05 Å². The molecule has 27 heavy (non-hydrogen) atoms. The van der Waals surface area contributed by atoms with E-state index in [-0.39, 0.29) is 29.8 Å². The molecular formula is C20H21FN4O2. The molecule has 1 atom stereocenters. The van der Waals surface area contributed by atoms with Crippen molar-refractivity contribution in [2.45, 2.75) is 6.10 Å². The summed E-state index contributed by atoms with van der Waals surface area (Å²) in [6, 6.07) is 13.6. The third kappa shape index (κ3) is 4.82. The monoisotopic (exact) mass is 368 g/mol. The molecule has 3 rings (SSSR count). The molecular weight excluding hydrogens is 347 g/mol. The van der Waals surface area contributed by atoms with Crippen molar-refractivity contribution in [2.75, 3.05) is 43.5 Å². The van der Waals surface area contributed by atoms with Gasteiger partial charge in [0.1, 0.15) is 5.82 Å². The van der Waals surface area contributed by atoms with Gasteiger partial charge >= 0.3 is 0 Å². The highest BCUT2D eigenvalue weighted by molar-refractivity contribution is 5.94. The van der Waals surface area contributed by atoms with Crippen molar-refractivity contribution in [3.8, 4) is 6.07 Å². The first kappa shape index (κ1) is 18.8. The Morgan fingerprint density at radius 2 is 2.15 bits per heavy atom. The van der Waals surface area contributed by atoms with Crippen LogP contribution in [0.2, 0.25) is 0 Å². The predicted octanol–water partition coefficient (Wildman–Crippen LogP) is 2.43. The van der Waals surface area contributed by atoms with E-state index in [4.69, 9.17) is 10.00 Å². The lowest BCUT2D eigenvalue weighted by molar-refractivity contribution is -0.114. The van der Waals surface area contributed by atoms with Gasteiger partial charge in [-0.15, -0.1) is 0 Å². The zero-order chi connectivity index (χ0) is 19.2. The molecule has 1 unspecified atom stereocenters. The van der Waals surface area contributed by atoms with Gasteiger partial charge in [-0.3, -0.25) is 4.79 Å². The quantitative estimate of drug-likeness (QED) is 0.848. The lowest BCUT2D eigenvalue weighted by Crippen LogP contribution is -2.33. The summed E-state index contributed by atoms with van der Waals surface area (Å²) in [7, 11) is 1.63. The van der Waals surface area contributed by atoms with E-state index >= 15 is 0 Å². The van der Waals surface area contributed by atoms with Crippen LogP contribution in [-0.4, -0.2) is 39.2 Å². The Morgan fingerprint density at radius 1 is 1.37 bits per heavy atom. The number of halogens is 1. The number of carbonyl (C=O) groups is 1. The van der Waals surface area contributed by atoms with Gasteiger partial charge in [0.25, 0.3) is 0 Å². The first-order valence-electron chi connectivity index (χ1n) is 8.70. The molecule has 140 valence electrons. The van der Waals surface area contributed by atoms with E-state index in [1.165, 1.54) is 17.0 Å². The van der Waals surface area contributed by atoms with E-state index in [2.05, 4.69) is 10.6 Å². The third-order valence-corrected chi connectivity index (χ3v) is 4.36. The number of morpholine rings is 1. The second kappa shape index (κ2) is 8.62.